The third-order valence-corrected chi connectivity index (χ3v) is 6.48. The summed E-state index contributed by atoms with van der Waals surface area (Å²) in [5.41, 5.74) is 8.58. The molecule has 2 fully saturated rings. The second kappa shape index (κ2) is 9.96. The molecule has 8 nitrogen and oxygen atoms in total. The first-order valence-corrected chi connectivity index (χ1v) is 11.3. The van der Waals surface area contributed by atoms with E-state index in [0.29, 0.717) is 36.2 Å². The zero-order chi connectivity index (χ0) is 22.1. The molecule has 0 spiro atoms. The molecule has 0 radical (unpaired) electrons. The van der Waals surface area contributed by atoms with Crippen molar-refractivity contribution in [3.05, 3.63) is 58.1 Å². The fourth-order valence-electron chi connectivity index (χ4n) is 4.94. The Balaban J connectivity index is 0.00000259. The van der Waals surface area contributed by atoms with E-state index in [1.165, 1.54) is 0 Å². The Morgan fingerprint density at radius 1 is 1.21 bits per heavy atom. The molecule has 0 amide bonds. The van der Waals surface area contributed by atoms with Crippen molar-refractivity contribution in [2.45, 2.75) is 50.9 Å². The zero-order valence-corrected chi connectivity index (χ0v) is 19.3. The molecule has 1 aromatic carbocycles. The van der Waals surface area contributed by atoms with Gasteiger partial charge < -0.3 is 19.9 Å². The van der Waals surface area contributed by atoms with E-state index >= 15 is 0 Å². The van der Waals surface area contributed by atoms with Crippen LogP contribution in [0.3, 0.4) is 0 Å². The van der Waals surface area contributed by atoms with Crippen LogP contribution in [0.25, 0.3) is 11.0 Å². The summed E-state index contributed by atoms with van der Waals surface area (Å²) in [6, 6.07) is 12.4. The second-order valence-corrected chi connectivity index (χ2v) is 8.76. The molecule has 33 heavy (non-hydrogen) atoms. The summed E-state index contributed by atoms with van der Waals surface area (Å²) in [5.74, 6) is 0.751. The molecule has 2 atom stereocenters. The number of piperidine rings is 1. The number of nitrogens with two attached hydrogens (primary N) is 1. The standard InChI is InChI=1S/C24H28N6O2.ClH/c25-12-20-21-22(24(31)29(16-27-21)15-19-9-5-11-32-19)30(13-17-6-2-1-3-7-17)23(20)28-10-4-8-18(26)14-28;/h1-3,6-7,16,18-19H,4-5,8-11,13-15,26H2;1H. The molecule has 2 aromatic heterocycles. The molecule has 4 heterocycles. The van der Waals surface area contributed by atoms with Crippen molar-refractivity contribution in [1.29, 1.82) is 5.26 Å². The van der Waals surface area contributed by atoms with Crippen LogP contribution in [0.1, 0.15) is 36.8 Å². The molecule has 5 rings (SSSR count). The topological polar surface area (TPSA) is 102 Å². The quantitative estimate of drug-likeness (QED) is 0.617. The van der Waals surface area contributed by atoms with Gasteiger partial charge in [0.15, 0.2) is 0 Å². The Kier molecular flexibility index (Phi) is 7.03. The summed E-state index contributed by atoms with van der Waals surface area (Å²) in [7, 11) is 0. The molecule has 2 aliphatic heterocycles. The van der Waals surface area contributed by atoms with Crippen LogP contribution in [0, 0.1) is 11.3 Å². The van der Waals surface area contributed by atoms with E-state index in [0.717, 1.165) is 50.2 Å². The van der Waals surface area contributed by atoms with Crippen molar-refractivity contribution in [3.63, 3.8) is 0 Å². The molecule has 2 unspecified atom stereocenters. The Morgan fingerprint density at radius 2 is 2.03 bits per heavy atom. The third kappa shape index (κ3) is 4.49. The molecule has 3 aromatic rings. The Hall–Kier alpha value is -2.86. The number of halogens is 1. The largest absolute Gasteiger partial charge is 0.376 e. The first kappa shape index (κ1) is 23.3. The molecule has 0 saturated carbocycles. The summed E-state index contributed by atoms with van der Waals surface area (Å²) in [5, 5.41) is 10.1. The van der Waals surface area contributed by atoms with Crippen molar-refractivity contribution in [2.75, 3.05) is 24.6 Å². The molecule has 2 aliphatic rings. The maximum atomic E-state index is 13.6. The first-order valence-electron chi connectivity index (χ1n) is 11.3. The van der Waals surface area contributed by atoms with Crippen LogP contribution in [-0.2, 0) is 17.8 Å². The number of nitriles is 1. The van der Waals surface area contributed by atoms with Gasteiger partial charge in [0.05, 0.1) is 19.0 Å². The fraction of sp³-hybridized carbons (Fsp3) is 0.458. The summed E-state index contributed by atoms with van der Waals surface area (Å²) < 4.78 is 9.34. The molecule has 2 N–H and O–H groups in total. The highest BCUT2D eigenvalue weighted by molar-refractivity contribution is 5.89. The van der Waals surface area contributed by atoms with Gasteiger partial charge in [-0.2, -0.15) is 5.26 Å². The minimum absolute atomic E-state index is 0. The molecule has 2 saturated heterocycles. The van der Waals surface area contributed by atoms with Crippen molar-refractivity contribution in [2.24, 2.45) is 5.73 Å². The fourth-order valence-corrected chi connectivity index (χ4v) is 4.94. The minimum Gasteiger partial charge on any atom is -0.376 e. The zero-order valence-electron chi connectivity index (χ0n) is 18.5. The van der Waals surface area contributed by atoms with Gasteiger partial charge in [-0.1, -0.05) is 30.3 Å². The predicted molar refractivity (Wildman–Crippen MR) is 130 cm³/mol. The van der Waals surface area contributed by atoms with Crippen LogP contribution >= 0.6 is 12.4 Å². The number of rotatable bonds is 5. The van der Waals surface area contributed by atoms with Gasteiger partial charge in [-0.25, -0.2) is 4.98 Å². The lowest BCUT2D eigenvalue weighted by molar-refractivity contribution is 0.0960. The number of nitrogens with zero attached hydrogens (tertiary/aromatic N) is 5. The maximum absolute atomic E-state index is 13.6. The van der Waals surface area contributed by atoms with E-state index in [2.05, 4.69) is 16.0 Å². The first-order chi connectivity index (χ1) is 15.7. The third-order valence-electron chi connectivity index (χ3n) is 6.48. The average molecular weight is 469 g/mol. The highest BCUT2D eigenvalue weighted by Gasteiger charge is 2.29. The monoisotopic (exact) mass is 468 g/mol. The number of aromatic nitrogens is 3. The van der Waals surface area contributed by atoms with E-state index in [9.17, 15) is 10.1 Å². The van der Waals surface area contributed by atoms with E-state index in [-0.39, 0.29) is 30.1 Å². The number of hydrogen-bond donors (Lipinski definition) is 1. The van der Waals surface area contributed by atoms with Gasteiger partial charge in [0.25, 0.3) is 5.56 Å². The minimum atomic E-state index is -0.134. The lowest BCUT2D eigenvalue weighted by atomic mass is 10.1. The van der Waals surface area contributed by atoms with Gasteiger partial charge in [0, 0.05) is 32.3 Å². The average Bonchev–Trinajstić information content (AvgIpc) is 3.42. The van der Waals surface area contributed by atoms with Crippen molar-refractivity contribution in [1.82, 2.24) is 14.1 Å². The number of anilines is 1. The van der Waals surface area contributed by atoms with E-state index in [1.807, 2.05) is 34.9 Å². The van der Waals surface area contributed by atoms with Crippen LogP contribution in [0.5, 0.6) is 0 Å². The Morgan fingerprint density at radius 3 is 2.73 bits per heavy atom. The van der Waals surface area contributed by atoms with Gasteiger partial charge in [0.1, 0.15) is 28.5 Å². The number of fused-ring (bicyclic) bond motifs is 1. The van der Waals surface area contributed by atoms with Crippen LogP contribution in [0.15, 0.2) is 41.5 Å². The predicted octanol–water partition coefficient (Wildman–Crippen LogP) is 2.65. The number of benzene rings is 1. The normalized spacial score (nSPS) is 20.5. The lowest BCUT2D eigenvalue weighted by Crippen LogP contribution is -2.44. The molecule has 0 aliphatic carbocycles. The van der Waals surface area contributed by atoms with Crippen molar-refractivity contribution < 1.29 is 4.74 Å². The van der Waals surface area contributed by atoms with Crippen LogP contribution in [0.2, 0.25) is 0 Å². The molecular formula is C24H29ClN6O2. The lowest BCUT2D eigenvalue weighted by Gasteiger charge is -2.33. The summed E-state index contributed by atoms with van der Waals surface area (Å²) >= 11 is 0. The van der Waals surface area contributed by atoms with Crippen LogP contribution in [-0.4, -0.2) is 46.0 Å². The molecule has 174 valence electrons. The van der Waals surface area contributed by atoms with Gasteiger partial charge in [-0.05, 0) is 31.2 Å². The van der Waals surface area contributed by atoms with E-state index < -0.39 is 0 Å². The van der Waals surface area contributed by atoms with Crippen molar-refractivity contribution >= 4 is 29.3 Å². The van der Waals surface area contributed by atoms with Crippen LogP contribution < -0.4 is 16.2 Å². The van der Waals surface area contributed by atoms with Crippen LogP contribution in [0.4, 0.5) is 5.82 Å². The van der Waals surface area contributed by atoms with Crippen molar-refractivity contribution in [3.8, 4) is 6.07 Å². The molecule has 9 heteroatoms. The number of hydrogen-bond acceptors (Lipinski definition) is 6. The van der Waals surface area contributed by atoms with Gasteiger partial charge >= 0.3 is 0 Å². The maximum Gasteiger partial charge on any atom is 0.278 e. The number of ether oxygens (including phenoxy) is 1. The smallest absolute Gasteiger partial charge is 0.278 e. The van der Waals surface area contributed by atoms with Gasteiger partial charge in [-0.15, -0.1) is 12.4 Å². The van der Waals surface area contributed by atoms with Gasteiger partial charge in [0.2, 0.25) is 0 Å². The Bertz CT molecular complexity index is 1210. The molecular weight excluding hydrogens is 440 g/mol. The summed E-state index contributed by atoms with van der Waals surface area (Å²) in [6.07, 6.45) is 5.46. The highest BCUT2D eigenvalue weighted by atomic mass is 35.5. The van der Waals surface area contributed by atoms with E-state index in [4.69, 9.17) is 10.5 Å². The second-order valence-electron chi connectivity index (χ2n) is 8.76. The highest BCUT2D eigenvalue weighted by Crippen LogP contribution is 2.32. The summed E-state index contributed by atoms with van der Waals surface area (Å²) in [4.78, 5) is 20.4. The summed E-state index contributed by atoms with van der Waals surface area (Å²) in [6.45, 7) is 3.16. The molecule has 0 bridgehead atoms. The Labute approximate surface area is 199 Å². The van der Waals surface area contributed by atoms with Gasteiger partial charge in [-0.3, -0.25) is 9.36 Å². The van der Waals surface area contributed by atoms with E-state index in [1.54, 1.807) is 10.9 Å². The SMILES string of the molecule is Cl.N#Cc1c(N2CCCC(N)C2)n(Cc2ccccc2)c2c(=O)n(CC3CCCO3)cnc12.